The smallest absolute Gasteiger partial charge is 0.145 e. The second kappa shape index (κ2) is 8.31. The molecule has 0 saturated heterocycles. The van der Waals surface area contributed by atoms with Crippen molar-refractivity contribution in [3.8, 4) is 16.9 Å². The van der Waals surface area contributed by atoms with Gasteiger partial charge in [-0.1, -0.05) is 71.9 Å². The van der Waals surface area contributed by atoms with Crippen LogP contribution in [-0.4, -0.2) is 16.0 Å². The Kier molecular flexibility index (Phi) is 5.24. The third kappa shape index (κ3) is 3.99. The van der Waals surface area contributed by atoms with Crippen LogP contribution in [0, 0.1) is 5.82 Å². The maximum atomic E-state index is 13.7. The van der Waals surface area contributed by atoms with Crippen LogP contribution >= 0.6 is 0 Å². The van der Waals surface area contributed by atoms with Crippen molar-refractivity contribution in [2.45, 2.75) is 6.61 Å². The molecule has 3 aromatic carbocycles. The minimum Gasteiger partial charge on any atom is -0.391 e. The van der Waals surface area contributed by atoms with Crippen molar-refractivity contribution in [3.63, 3.8) is 0 Å². The Hall–Kier alpha value is -3.73. The quantitative estimate of drug-likeness (QED) is 0.344. The molecule has 0 atom stereocenters. The van der Waals surface area contributed by atoms with E-state index >= 15 is 0 Å². The van der Waals surface area contributed by atoms with E-state index in [1.54, 1.807) is 29.1 Å². The van der Waals surface area contributed by atoms with Gasteiger partial charge in [0.1, 0.15) is 18.1 Å². The maximum Gasteiger partial charge on any atom is 0.145 e. The second-order valence-corrected chi connectivity index (χ2v) is 6.18. The van der Waals surface area contributed by atoms with Crippen LogP contribution in [0.25, 0.3) is 16.9 Å². The van der Waals surface area contributed by atoms with Crippen LogP contribution < -0.4 is 0 Å². The third-order valence-electron chi connectivity index (χ3n) is 4.25. The number of benzene rings is 3. The minimum absolute atomic E-state index is 0.0661. The molecule has 0 aliphatic rings. The second-order valence-electron chi connectivity index (χ2n) is 6.18. The van der Waals surface area contributed by atoms with E-state index in [9.17, 15) is 4.39 Å². The average Bonchev–Trinajstić information content (AvgIpc) is 3.18. The Bertz CT molecular complexity index is 1080. The van der Waals surface area contributed by atoms with Gasteiger partial charge in [0.15, 0.2) is 0 Å². The number of rotatable bonds is 6. The fourth-order valence-corrected chi connectivity index (χ4v) is 2.83. The van der Waals surface area contributed by atoms with Gasteiger partial charge in [-0.15, -0.1) is 0 Å². The van der Waals surface area contributed by atoms with E-state index in [1.807, 2.05) is 66.9 Å². The van der Waals surface area contributed by atoms with Crippen molar-refractivity contribution in [2.75, 3.05) is 0 Å². The predicted molar refractivity (Wildman–Crippen MR) is 108 cm³/mol. The van der Waals surface area contributed by atoms with Gasteiger partial charge in [0.05, 0.1) is 11.9 Å². The molecule has 4 nitrogen and oxygen atoms in total. The van der Waals surface area contributed by atoms with E-state index in [0.29, 0.717) is 5.56 Å². The van der Waals surface area contributed by atoms with Gasteiger partial charge in [-0.3, -0.25) is 0 Å². The normalized spacial score (nSPS) is 11.0. The Labute approximate surface area is 162 Å². The van der Waals surface area contributed by atoms with Crippen LogP contribution in [0.1, 0.15) is 11.1 Å². The van der Waals surface area contributed by atoms with Crippen molar-refractivity contribution < 1.29 is 9.23 Å². The van der Waals surface area contributed by atoms with Crippen molar-refractivity contribution in [1.82, 2.24) is 9.78 Å². The molecule has 5 heteroatoms. The van der Waals surface area contributed by atoms with Gasteiger partial charge in [-0.2, -0.15) is 5.10 Å². The first-order valence-electron chi connectivity index (χ1n) is 8.90. The summed E-state index contributed by atoms with van der Waals surface area (Å²) >= 11 is 0. The lowest BCUT2D eigenvalue weighted by atomic mass is 10.1. The van der Waals surface area contributed by atoms with Crippen molar-refractivity contribution in [1.29, 1.82) is 0 Å². The molecule has 28 heavy (non-hydrogen) atoms. The van der Waals surface area contributed by atoms with Crippen LogP contribution in [0.4, 0.5) is 4.39 Å². The molecule has 0 radical (unpaired) electrons. The van der Waals surface area contributed by atoms with E-state index in [2.05, 4.69) is 5.16 Å². The fraction of sp³-hybridized carbons (Fsp3) is 0.0435. The number of hydrogen-bond donors (Lipinski definition) is 0. The lowest BCUT2D eigenvalue weighted by Crippen LogP contribution is -1.93. The lowest BCUT2D eigenvalue weighted by molar-refractivity contribution is 0.129. The first-order chi connectivity index (χ1) is 13.8. The fourth-order valence-electron chi connectivity index (χ4n) is 2.83. The number of nitrogens with zero attached hydrogens (tertiary/aromatic N) is 3. The van der Waals surface area contributed by atoms with Crippen LogP contribution in [0.2, 0.25) is 0 Å². The molecule has 1 aromatic heterocycles. The summed E-state index contributed by atoms with van der Waals surface area (Å²) < 4.78 is 15.5. The van der Waals surface area contributed by atoms with Crippen LogP contribution in [0.3, 0.4) is 0 Å². The highest BCUT2D eigenvalue weighted by Crippen LogP contribution is 2.22. The minimum atomic E-state index is -0.306. The van der Waals surface area contributed by atoms with Crippen LogP contribution in [0.15, 0.2) is 96.3 Å². The summed E-state index contributed by atoms with van der Waals surface area (Å²) in [6.07, 6.45) is 3.50. The van der Waals surface area contributed by atoms with E-state index in [-0.39, 0.29) is 12.4 Å². The Morgan fingerprint density at radius 2 is 1.57 bits per heavy atom. The molecule has 0 aliphatic carbocycles. The summed E-state index contributed by atoms with van der Waals surface area (Å²) in [5.41, 5.74) is 3.99. The molecule has 0 spiro atoms. The molecule has 0 bridgehead atoms. The summed E-state index contributed by atoms with van der Waals surface area (Å²) in [6.45, 7) is 0.0661. The molecule has 138 valence electrons. The predicted octanol–water partition coefficient (Wildman–Crippen LogP) is 5.23. The summed E-state index contributed by atoms with van der Waals surface area (Å²) in [5.74, 6) is -0.306. The van der Waals surface area contributed by atoms with Crippen LogP contribution in [-0.2, 0) is 11.4 Å². The van der Waals surface area contributed by atoms with E-state index < -0.39 is 0 Å². The van der Waals surface area contributed by atoms with Crippen molar-refractivity contribution in [3.05, 3.63) is 108 Å². The molecule has 4 rings (SSSR count). The molecule has 0 aliphatic heterocycles. The number of hydrogen-bond acceptors (Lipinski definition) is 3. The third-order valence-corrected chi connectivity index (χ3v) is 4.25. The first-order valence-corrected chi connectivity index (χ1v) is 8.90. The molecule has 0 saturated carbocycles. The zero-order chi connectivity index (χ0) is 19.2. The number of halogens is 1. The number of oxime groups is 1. The van der Waals surface area contributed by atoms with E-state index in [0.717, 1.165) is 22.5 Å². The van der Waals surface area contributed by atoms with Gasteiger partial charge in [0, 0.05) is 22.9 Å². The molecule has 0 N–H and O–H groups in total. The Morgan fingerprint density at radius 3 is 2.32 bits per heavy atom. The molecule has 4 aromatic rings. The van der Waals surface area contributed by atoms with E-state index in [4.69, 9.17) is 9.94 Å². The monoisotopic (exact) mass is 371 g/mol. The van der Waals surface area contributed by atoms with Gasteiger partial charge in [-0.25, -0.2) is 9.07 Å². The Balaban J connectivity index is 1.60. The highest BCUT2D eigenvalue weighted by molar-refractivity contribution is 5.88. The molecule has 1 heterocycles. The molecule has 0 unspecified atom stereocenters. The standard InChI is InChI=1S/C23H18FN3O/c24-22-14-8-7-11-19(22)17-28-25-15-20-16-27(21-12-5-2-6-13-21)26-23(20)18-9-3-1-4-10-18/h1-16H,17H2/b25-15+. The van der Waals surface area contributed by atoms with E-state index in [1.165, 1.54) is 6.07 Å². The largest absolute Gasteiger partial charge is 0.391 e. The summed E-state index contributed by atoms with van der Waals surface area (Å²) in [5, 5.41) is 8.74. The van der Waals surface area contributed by atoms with Crippen molar-refractivity contribution >= 4 is 6.21 Å². The van der Waals surface area contributed by atoms with Gasteiger partial charge >= 0.3 is 0 Å². The van der Waals surface area contributed by atoms with Gasteiger partial charge in [0.25, 0.3) is 0 Å². The highest BCUT2D eigenvalue weighted by atomic mass is 19.1. The topological polar surface area (TPSA) is 39.4 Å². The molecular weight excluding hydrogens is 353 g/mol. The molecule has 0 fully saturated rings. The van der Waals surface area contributed by atoms with Gasteiger partial charge in [-0.05, 0) is 18.2 Å². The molecular formula is C23H18FN3O. The molecule has 0 amide bonds. The SMILES string of the molecule is Fc1ccccc1CO/N=C/c1cn(-c2ccccc2)nc1-c1ccccc1. The van der Waals surface area contributed by atoms with Gasteiger partial charge < -0.3 is 4.84 Å². The number of para-hydroxylation sites is 1. The van der Waals surface area contributed by atoms with Gasteiger partial charge in [0.2, 0.25) is 0 Å². The maximum absolute atomic E-state index is 13.7. The highest BCUT2D eigenvalue weighted by Gasteiger charge is 2.11. The number of aromatic nitrogens is 2. The zero-order valence-electron chi connectivity index (χ0n) is 15.1. The van der Waals surface area contributed by atoms with Crippen molar-refractivity contribution in [2.24, 2.45) is 5.16 Å². The summed E-state index contributed by atoms with van der Waals surface area (Å²) in [7, 11) is 0. The van der Waals surface area contributed by atoms with Crippen LogP contribution in [0.5, 0.6) is 0 Å². The summed E-state index contributed by atoms with van der Waals surface area (Å²) in [6, 6.07) is 26.2. The average molecular weight is 371 g/mol. The first kappa shape index (κ1) is 17.7. The Morgan fingerprint density at radius 1 is 0.893 bits per heavy atom. The lowest BCUT2D eigenvalue weighted by Gasteiger charge is -2.01. The summed E-state index contributed by atoms with van der Waals surface area (Å²) in [4.78, 5) is 5.30. The zero-order valence-corrected chi connectivity index (χ0v) is 15.1.